The van der Waals surface area contributed by atoms with Crippen molar-refractivity contribution in [1.82, 2.24) is 4.98 Å². The predicted octanol–water partition coefficient (Wildman–Crippen LogP) is 3.70. The second-order valence-electron chi connectivity index (χ2n) is 4.30. The third-order valence-electron chi connectivity index (χ3n) is 2.88. The van der Waals surface area contributed by atoms with Crippen molar-refractivity contribution in [2.45, 2.75) is 0 Å². The molecular weight excluding hydrogens is 241 g/mol. The van der Waals surface area contributed by atoms with E-state index < -0.39 is 0 Å². The van der Waals surface area contributed by atoms with Crippen molar-refractivity contribution in [2.75, 3.05) is 11.1 Å². The first-order chi connectivity index (χ1) is 9.22. The molecule has 2 aromatic carbocycles. The van der Waals surface area contributed by atoms with Gasteiger partial charge in [-0.1, -0.05) is 12.1 Å². The van der Waals surface area contributed by atoms with Crippen LogP contribution in [0.25, 0.3) is 10.8 Å². The summed E-state index contributed by atoms with van der Waals surface area (Å²) in [6, 6.07) is 12.2. The Kier molecular flexibility index (Phi) is 2.76. The van der Waals surface area contributed by atoms with Crippen LogP contribution in [-0.2, 0) is 0 Å². The van der Waals surface area contributed by atoms with E-state index in [-0.39, 0.29) is 5.82 Å². The van der Waals surface area contributed by atoms with Crippen molar-refractivity contribution < 1.29 is 4.39 Å². The minimum absolute atomic E-state index is 0.360. The maximum absolute atomic E-state index is 13.3. The minimum atomic E-state index is -0.360. The Hall–Kier alpha value is -2.62. The monoisotopic (exact) mass is 253 g/mol. The van der Waals surface area contributed by atoms with Gasteiger partial charge >= 0.3 is 0 Å². The standard InChI is InChI=1S/C15H12FN3/c16-11-6-12(17)8-13(7-11)19-15-3-1-2-10-4-5-18-9-14(10)15/h1-9,19H,17H2. The van der Waals surface area contributed by atoms with Gasteiger partial charge in [-0.3, -0.25) is 4.98 Å². The highest BCUT2D eigenvalue weighted by Gasteiger charge is 2.03. The first-order valence-electron chi connectivity index (χ1n) is 5.88. The summed E-state index contributed by atoms with van der Waals surface area (Å²) in [6.45, 7) is 0. The van der Waals surface area contributed by atoms with Crippen molar-refractivity contribution in [1.29, 1.82) is 0 Å². The number of hydrogen-bond acceptors (Lipinski definition) is 3. The van der Waals surface area contributed by atoms with E-state index in [1.54, 1.807) is 18.5 Å². The smallest absolute Gasteiger partial charge is 0.127 e. The molecule has 0 aliphatic heterocycles. The summed E-state index contributed by atoms with van der Waals surface area (Å²) in [4.78, 5) is 4.11. The SMILES string of the molecule is Nc1cc(F)cc(Nc2cccc3ccncc23)c1. The Morgan fingerprint density at radius 2 is 2.00 bits per heavy atom. The number of pyridine rings is 1. The highest BCUT2D eigenvalue weighted by molar-refractivity contribution is 5.94. The first kappa shape index (κ1) is 11.5. The molecule has 3 nitrogen and oxygen atoms in total. The van der Waals surface area contributed by atoms with Crippen LogP contribution < -0.4 is 11.1 Å². The van der Waals surface area contributed by atoms with Gasteiger partial charge in [-0.25, -0.2) is 4.39 Å². The van der Waals surface area contributed by atoms with Crippen LogP contribution in [0.5, 0.6) is 0 Å². The summed E-state index contributed by atoms with van der Waals surface area (Å²) < 4.78 is 13.3. The molecule has 0 bridgehead atoms. The van der Waals surface area contributed by atoms with Crippen molar-refractivity contribution in [3.05, 3.63) is 60.7 Å². The number of aromatic nitrogens is 1. The fraction of sp³-hybridized carbons (Fsp3) is 0. The molecule has 19 heavy (non-hydrogen) atoms. The van der Waals surface area contributed by atoms with E-state index in [9.17, 15) is 4.39 Å². The molecule has 0 fully saturated rings. The third-order valence-corrected chi connectivity index (χ3v) is 2.88. The maximum Gasteiger partial charge on any atom is 0.127 e. The topological polar surface area (TPSA) is 50.9 Å². The largest absolute Gasteiger partial charge is 0.399 e. The predicted molar refractivity (Wildman–Crippen MR) is 75.8 cm³/mol. The molecule has 0 aliphatic rings. The van der Waals surface area contributed by atoms with E-state index in [2.05, 4.69) is 10.3 Å². The van der Waals surface area contributed by atoms with E-state index in [0.717, 1.165) is 16.5 Å². The van der Waals surface area contributed by atoms with Crippen LogP contribution in [-0.4, -0.2) is 4.98 Å². The zero-order valence-electron chi connectivity index (χ0n) is 10.1. The number of nitrogens with one attached hydrogen (secondary N) is 1. The van der Waals surface area contributed by atoms with Crippen LogP contribution in [0.3, 0.4) is 0 Å². The zero-order valence-corrected chi connectivity index (χ0v) is 10.1. The second kappa shape index (κ2) is 4.57. The third kappa shape index (κ3) is 2.33. The van der Waals surface area contributed by atoms with Gasteiger partial charge in [-0.05, 0) is 35.7 Å². The molecule has 0 atom stereocenters. The van der Waals surface area contributed by atoms with E-state index in [1.165, 1.54) is 12.1 Å². The normalized spacial score (nSPS) is 10.6. The fourth-order valence-electron chi connectivity index (χ4n) is 2.06. The summed E-state index contributed by atoms with van der Waals surface area (Å²) in [7, 11) is 0. The van der Waals surface area contributed by atoms with Crippen LogP contribution >= 0.6 is 0 Å². The van der Waals surface area contributed by atoms with E-state index in [0.29, 0.717) is 11.4 Å². The fourth-order valence-corrected chi connectivity index (χ4v) is 2.06. The van der Waals surface area contributed by atoms with Gasteiger partial charge in [0.05, 0.1) is 0 Å². The average Bonchev–Trinajstić information content (AvgIpc) is 2.38. The van der Waals surface area contributed by atoms with Gasteiger partial charge in [0.25, 0.3) is 0 Å². The van der Waals surface area contributed by atoms with Gasteiger partial charge in [-0.2, -0.15) is 0 Å². The minimum Gasteiger partial charge on any atom is -0.399 e. The van der Waals surface area contributed by atoms with Crippen molar-refractivity contribution in [2.24, 2.45) is 0 Å². The molecule has 0 radical (unpaired) electrons. The molecule has 0 saturated heterocycles. The lowest BCUT2D eigenvalue weighted by Crippen LogP contribution is -1.95. The van der Waals surface area contributed by atoms with Crippen LogP contribution in [0.1, 0.15) is 0 Å². The van der Waals surface area contributed by atoms with Gasteiger partial charge in [-0.15, -0.1) is 0 Å². The Morgan fingerprint density at radius 1 is 1.11 bits per heavy atom. The number of anilines is 3. The Bertz CT molecular complexity index is 715. The summed E-state index contributed by atoms with van der Waals surface area (Å²) >= 11 is 0. The van der Waals surface area contributed by atoms with Crippen molar-refractivity contribution >= 4 is 27.8 Å². The summed E-state index contributed by atoms with van der Waals surface area (Å²) in [6.07, 6.45) is 3.52. The van der Waals surface area contributed by atoms with Gasteiger partial charge < -0.3 is 11.1 Å². The number of halogens is 1. The van der Waals surface area contributed by atoms with Gasteiger partial charge in [0.2, 0.25) is 0 Å². The Morgan fingerprint density at radius 3 is 2.84 bits per heavy atom. The highest BCUT2D eigenvalue weighted by atomic mass is 19.1. The van der Waals surface area contributed by atoms with Crippen LogP contribution in [0.15, 0.2) is 54.9 Å². The lowest BCUT2D eigenvalue weighted by Gasteiger charge is -2.10. The van der Waals surface area contributed by atoms with E-state index in [4.69, 9.17) is 5.73 Å². The summed E-state index contributed by atoms with van der Waals surface area (Å²) in [5.74, 6) is -0.360. The number of nitrogens with two attached hydrogens (primary N) is 1. The Labute approximate surface area is 109 Å². The molecule has 3 rings (SSSR count). The molecule has 3 N–H and O–H groups in total. The summed E-state index contributed by atoms with van der Waals surface area (Å²) in [5.41, 5.74) is 7.51. The molecule has 0 spiro atoms. The maximum atomic E-state index is 13.3. The average molecular weight is 253 g/mol. The number of nitrogens with zero attached hydrogens (tertiary/aromatic N) is 1. The molecule has 94 valence electrons. The lowest BCUT2D eigenvalue weighted by atomic mass is 10.1. The molecule has 1 aromatic heterocycles. The zero-order chi connectivity index (χ0) is 13.2. The van der Waals surface area contributed by atoms with Gasteiger partial charge in [0.15, 0.2) is 0 Å². The van der Waals surface area contributed by atoms with Crippen LogP contribution in [0, 0.1) is 5.82 Å². The van der Waals surface area contributed by atoms with Gasteiger partial charge in [0.1, 0.15) is 5.82 Å². The first-order valence-corrected chi connectivity index (χ1v) is 5.88. The number of benzene rings is 2. The van der Waals surface area contributed by atoms with Crippen molar-refractivity contribution in [3.8, 4) is 0 Å². The van der Waals surface area contributed by atoms with Crippen LogP contribution in [0.2, 0.25) is 0 Å². The molecule has 1 heterocycles. The van der Waals surface area contributed by atoms with Crippen LogP contribution in [0.4, 0.5) is 21.5 Å². The molecule has 0 saturated carbocycles. The molecule has 4 heteroatoms. The van der Waals surface area contributed by atoms with Crippen molar-refractivity contribution in [3.63, 3.8) is 0 Å². The van der Waals surface area contributed by atoms with Gasteiger partial charge in [0, 0.05) is 34.8 Å². The second-order valence-corrected chi connectivity index (χ2v) is 4.30. The van der Waals surface area contributed by atoms with E-state index >= 15 is 0 Å². The number of hydrogen-bond donors (Lipinski definition) is 2. The molecule has 0 aliphatic carbocycles. The van der Waals surface area contributed by atoms with E-state index in [1.807, 2.05) is 24.3 Å². The molecular formula is C15H12FN3. The Balaban J connectivity index is 2.05. The quantitative estimate of drug-likeness (QED) is 0.685. The lowest BCUT2D eigenvalue weighted by molar-refractivity contribution is 0.629. The number of fused-ring (bicyclic) bond motifs is 1. The highest BCUT2D eigenvalue weighted by Crippen LogP contribution is 2.26. The molecule has 0 amide bonds. The molecule has 0 unspecified atom stereocenters. The summed E-state index contributed by atoms with van der Waals surface area (Å²) in [5, 5.41) is 5.22. The number of rotatable bonds is 2. The number of nitrogen functional groups attached to an aromatic ring is 1. The molecule has 3 aromatic rings.